The molecule has 0 aliphatic carbocycles. The summed E-state index contributed by atoms with van der Waals surface area (Å²) in [6, 6.07) is 1.64. The molecule has 24 heavy (non-hydrogen) atoms. The fourth-order valence-corrected chi connectivity index (χ4v) is 3.45. The summed E-state index contributed by atoms with van der Waals surface area (Å²) in [5.41, 5.74) is 2.75. The van der Waals surface area contributed by atoms with Crippen molar-refractivity contribution < 1.29 is 14.3 Å². The zero-order chi connectivity index (χ0) is 17.7. The predicted molar refractivity (Wildman–Crippen MR) is 94.3 cm³/mol. The zero-order valence-electron chi connectivity index (χ0n) is 15.0. The van der Waals surface area contributed by atoms with Crippen LogP contribution in [0.3, 0.4) is 0 Å². The van der Waals surface area contributed by atoms with Crippen LogP contribution in [0.4, 0.5) is 0 Å². The van der Waals surface area contributed by atoms with Crippen molar-refractivity contribution in [2.45, 2.75) is 52.6 Å². The van der Waals surface area contributed by atoms with Crippen LogP contribution in [0.5, 0.6) is 0 Å². The number of likely N-dealkylation sites (tertiary alicyclic amines) is 1. The second-order valence-electron chi connectivity index (χ2n) is 6.34. The number of carbonyl (C=O) groups is 2. The summed E-state index contributed by atoms with van der Waals surface area (Å²) >= 11 is 0. The Hall–Kier alpha value is -1.88. The summed E-state index contributed by atoms with van der Waals surface area (Å²) in [7, 11) is 0. The summed E-state index contributed by atoms with van der Waals surface area (Å²) in [5, 5.41) is 0. The van der Waals surface area contributed by atoms with Crippen LogP contribution in [-0.2, 0) is 16.1 Å². The molecule has 0 amide bonds. The fourth-order valence-electron chi connectivity index (χ4n) is 3.45. The van der Waals surface area contributed by atoms with Gasteiger partial charge < -0.3 is 9.30 Å². The van der Waals surface area contributed by atoms with E-state index in [1.54, 1.807) is 0 Å². The number of nitrogens with zero attached hydrogens (tertiary/aromatic N) is 2. The summed E-state index contributed by atoms with van der Waals surface area (Å²) in [6.07, 6.45) is 4.61. The Morgan fingerprint density at radius 3 is 2.79 bits per heavy atom. The van der Waals surface area contributed by atoms with Crippen LogP contribution in [0.2, 0.25) is 0 Å². The second-order valence-corrected chi connectivity index (χ2v) is 6.34. The van der Waals surface area contributed by atoms with Gasteiger partial charge in [-0.2, -0.15) is 0 Å². The molecule has 1 aliphatic heterocycles. The molecule has 0 N–H and O–H groups in total. The van der Waals surface area contributed by atoms with Crippen LogP contribution in [0.15, 0.2) is 18.7 Å². The Labute approximate surface area is 144 Å². The minimum absolute atomic E-state index is 0.0645. The van der Waals surface area contributed by atoms with Crippen molar-refractivity contribution in [3.05, 3.63) is 35.7 Å². The van der Waals surface area contributed by atoms with E-state index in [9.17, 15) is 9.59 Å². The molecule has 1 saturated heterocycles. The lowest BCUT2D eigenvalue weighted by atomic mass is 10.0. The van der Waals surface area contributed by atoms with Crippen molar-refractivity contribution in [2.75, 3.05) is 19.7 Å². The number of carbonyl (C=O) groups excluding carboxylic acids is 2. The normalized spacial score (nSPS) is 18.4. The molecular weight excluding hydrogens is 304 g/mol. The smallest absolute Gasteiger partial charge is 0.323 e. The lowest BCUT2D eigenvalue weighted by molar-refractivity contribution is -0.150. The van der Waals surface area contributed by atoms with Crippen LogP contribution >= 0.6 is 0 Å². The number of rotatable bonds is 7. The molecular formula is C19H28N2O3. The number of Topliss-reactive ketones (excluding diaryl/α,β-unsaturated/α-hetero) is 1. The summed E-state index contributed by atoms with van der Waals surface area (Å²) in [4.78, 5) is 26.9. The van der Waals surface area contributed by atoms with Crippen LogP contribution in [0.25, 0.3) is 0 Å². The van der Waals surface area contributed by atoms with Crippen LogP contribution in [-0.4, -0.2) is 47.0 Å². The summed E-state index contributed by atoms with van der Waals surface area (Å²) in [5.74, 6) is -0.142. The van der Waals surface area contributed by atoms with E-state index in [1.807, 2.05) is 37.8 Å². The molecule has 2 heterocycles. The van der Waals surface area contributed by atoms with Gasteiger partial charge in [0.1, 0.15) is 6.04 Å². The maximum Gasteiger partial charge on any atom is 0.323 e. The summed E-state index contributed by atoms with van der Waals surface area (Å²) in [6.45, 7) is 11.6. The third-order valence-corrected chi connectivity index (χ3v) is 4.70. The monoisotopic (exact) mass is 332 g/mol. The van der Waals surface area contributed by atoms with Crippen molar-refractivity contribution in [1.29, 1.82) is 0 Å². The quantitative estimate of drug-likeness (QED) is 0.438. The van der Waals surface area contributed by atoms with Crippen molar-refractivity contribution >= 4 is 11.8 Å². The number of allylic oxidation sites excluding steroid dienone is 1. The molecule has 132 valence electrons. The zero-order valence-corrected chi connectivity index (χ0v) is 15.0. The molecule has 0 saturated carbocycles. The first kappa shape index (κ1) is 18.5. The lowest BCUT2D eigenvalue weighted by Gasteiger charge is -2.33. The molecule has 1 aliphatic rings. The Morgan fingerprint density at radius 2 is 2.12 bits per heavy atom. The Kier molecular flexibility index (Phi) is 6.37. The van der Waals surface area contributed by atoms with Gasteiger partial charge in [-0.05, 0) is 46.2 Å². The number of piperidine rings is 1. The Bertz CT molecular complexity index is 618. The number of hydrogen-bond acceptors (Lipinski definition) is 4. The molecule has 0 bridgehead atoms. The van der Waals surface area contributed by atoms with Gasteiger partial charge in [-0.1, -0.05) is 12.5 Å². The maximum absolute atomic E-state index is 12.8. The van der Waals surface area contributed by atoms with E-state index >= 15 is 0 Å². The molecule has 5 nitrogen and oxygen atoms in total. The third-order valence-electron chi connectivity index (χ3n) is 4.70. The minimum atomic E-state index is -0.292. The largest absolute Gasteiger partial charge is 0.465 e. The first-order chi connectivity index (χ1) is 11.5. The van der Waals surface area contributed by atoms with Gasteiger partial charge in [-0.3, -0.25) is 14.5 Å². The number of aryl methyl sites for hydroxylation is 1. The standard InChI is InChI=1S/C19H28N2O3/c1-5-10-21-14(3)12-16(15(21)4)18(22)13-20-11-8-7-9-17(20)19(23)24-6-2/h5,12,17H,1,6-11,13H2,2-4H3. The van der Waals surface area contributed by atoms with Gasteiger partial charge >= 0.3 is 5.97 Å². The third kappa shape index (κ3) is 3.96. The average Bonchev–Trinajstić information content (AvgIpc) is 2.84. The van der Waals surface area contributed by atoms with Crippen LogP contribution in [0.1, 0.15) is 47.9 Å². The molecule has 1 fully saturated rings. The Balaban J connectivity index is 2.14. The highest BCUT2D eigenvalue weighted by atomic mass is 16.5. The highest BCUT2D eigenvalue weighted by molar-refractivity contribution is 5.99. The van der Waals surface area contributed by atoms with Crippen molar-refractivity contribution in [2.24, 2.45) is 0 Å². The second kappa shape index (κ2) is 8.29. The van der Waals surface area contributed by atoms with E-state index in [0.29, 0.717) is 13.2 Å². The molecule has 1 unspecified atom stereocenters. The minimum Gasteiger partial charge on any atom is -0.465 e. The number of hydrogen-bond donors (Lipinski definition) is 0. The average molecular weight is 332 g/mol. The van der Waals surface area contributed by atoms with Crippen LogP contribution < -0.4 is 0 Å². The molecule has 5 heteroatoms. The topological polar surface area (TPSA) is 51.5 Å². The first-order valence-electron chi connectivity index (χ1n) is 8.71. The number of ketones is 1. The maximum atomic E-state index is 12.8. The fraction of sp³-hybridized carbons (Fsp3) is 0.579. The van der Waals surface area contributed by atoms with E-state index in [1.165, 1.54) is 0 Å². The predicted octanol–water partition coefficient (Wildman–Crippen LogP) is 2.89. The van der Waals surface area contributed by atoms with E-state index in [4.69, 9.17) is 4.74 Å². The van der Waals surface area contributed by atoms with Crippen LogP contribution in [0, 0.1) is 13.8 Å². The number of ether oxygens (including phenoxy) is 1. The number of aromatic nitrogens is 1. The molecule has 1 atom stereocenters. The van der Waals surface area contributed by atoms with Crippen molar-refractivity contribution in [3.63, 3.8) is 0 Å². The first-order valence-corrected chi connectivity index (χ1v) is 8.71. The molecule has 0 radical (unpaired) electrons. The van der Waals surface area contributed by atoms with Gasteiger partial charge in [0.25, 0.3) is 0 Å². The molecule has 1 aromatic rings. The van der Waals surface area contributed by atoms with E-state index in [0.717, 1.165) is 42.8 Å². The molecule has 1 aromatic heterocycles. The number of esters is 1. The molecule has 2 rings (SSSR count). The van der Waals surface area contributed by atoms with Gasteiger partial charge in [0.15, 0.2) is 5.78 Å². The van der Waals surface area contributed by atoms with Gasteiger partial charge in [-0.25, -0.2) is 0 Å². The van der Waals surface area contributed by atoms with Gasteiger partial charge in [0, 0.05) is 23.5 Å². The highest BCUT2D eigenvalue weighted by Crippen LogP contribution is 2.21. The van der Waals surface area contributed by atoms with Gasteiger partial charge in [0.2, 0.25) is 0 Å². The Morgan fingerprint density at radius 1 is 1.38 bits per heavy atom. The summed E-state index contributed by atoms with van der Waals surface area (Å²) < 4.78 is 7.25. The van der Waals surface area contributed by atoms with Crippen molar-refractivity contribution in [3.8, 4) is 0 Å². The highest BCUT2D eigenvalue weighted by Gasteiger charge is 2.31. The van der Waals surface area contributed by atoms with E-state index < -0.39 is 0 Å². The van der Waals surface area contributed by atoms with E-state index in [2.05, 4.69) is 11.1 Å². The van der Waals surface area contributed by atoms with Crippen molar-refractivity contribution in [1.82, 2.24) is 9.47 Å². The van der Waals surface area contributed by atoms with E-state index in [-0.39, 0.29) is 24.3 Å². The SMILES string of the molecule is C=CCn1c(C)cc(C(=O)CN2CCCCC2C(=O)OCC)c1C. The molecule has 0 aromatic carbocycles. The van der Waals surface area contributed by atoms with Gasteiger partial charge in [0.05, 0.1) is 13.2 Å². The lowest BCUT2D eigenvalue weighted by Crippen LogP contribution is -2.47. The van der Waals surface area contributed by atoms with Gasteiger partial charge in [-0.15, -0.1) is 6.58 Å². The molecule has 0 spiro atoms.